The molecule has 3 aliphatic rings. The second kappa shape index (κ2) is 9.37. The van der Waals surface area contributed by atoms with Gasteiger partial charge in [0.15, 0.2) is 0 Å². The van der Waals surface area contributed by atoms with Crippen LogP contribution < -0.4 is 0 Å². The van der Waals surface area contributed by atoms with E-state index in [1.807, 2.05) is 18.2 Å². The van der Waals surface area contributed by atoms with Gasteiger partial charge >= 0.3 is 0 Å². The van der Waals surface area contributed by atoms with Crippen LogP contribution in [0.25, 0.3) is 0 Å². The quantitative estimate of drug-likeness (QED) is 0.523. The fourth-order valence-corrected chi connectivity index (χ4v) is 6.14. The Morgan fingerprint density at radius 2 is 1.62 bits per heavy atom. The van der Waals surface area contributed by atoms with E-state index >= 15 is 0 Å². The van der Waals surface area contributed by atoms with E-state index in [9.17, 15) is 4.79 Å². The molecule has 170 valence electrons. The molecule has 5 rings (SSSR count). The second-order valence-corrected chi connectivity index (χ2v) is 10.7. The van der Waals surface area contributed by atoms with Gasteiger partial charge in [0, 0.05) is 19.6 Å². The standard InChI is InChI=1S/C27H32Cl2N2O/c28-24-10-9-20(18-25(24)29)23-17-21(23)19-30-15-11-27(12-16-30,22-7-3-1-4-8-22)26(32)31-13-5-2-6-14-31/h1,3-4,7-10,18,21,23H,2,5-6,11-17,19H2/t21-,23+/m0/s1. The fraction of sp³-hybridized carbons (Fsp3) is 0.519. The number of hydrogen-bond donors (Lipinski definition) is 0. The minimum absolute atomic E-state index is 0.359. The average molecular weight is 471 g/mol. The summed E-state index contributed by atoms with van der Waals surface area (Å²) in [5, 5.41) is 1.27. The highest BCUT2D eigenvalue weighted by molar-refractivity contribution is 6.42. The predicted octanol–water partition coefficient (Wildman–Crippen LogP) is 6.14. The van der Waals surface area contributed by atoms with Gasteiger partial charge in [0.1, 0.15) is 0 Å². The molecule has 2 aromatic carbocycles. The average Bonchev–Trinajstić information content (AvgIpc) is 3.61. The molecule has 2 aromatic rings. The molecule has 0 aromatic heterocycles. The SMILES string of the molecule is O=C(N1CCCCC1)C1(c2ccccc2)CCN(C[C@@H]2C[C@@H]2c2ccc(Cl)c(Cl)c2)CC1. The first kappa shape index (κ1) is 22.3. The van der Waals surface area contributed by atoms with Crippen molar-refractivity contribution in [2.24, 2.45) is 5.92 Å². The van der Waals surface area contributed by atoms with E-state index in [-0.39, 0.29) is 5.41 Å². The number of hydrogen-bond acceptors (Lipinski definition) is 2. The zero-order valence-corrected chi connectivity index (χ0v) is 20.1. The second-order valence-electron chi connectivity index (χ2n) is 9.88. The topological polar surface area (TPSA) is 23.6 Å². The molecule has 1 amide bonds. The van der Waals surface area contributed by atoms with Crippen LogP contribution in [-0.2, 0) is 10.2 Å². The Labute approximate surface area is 201 Å². The molecule has 2 heterocycles. The van der Waals surface area contributed by atoms with Crippen LogP contribution in [0.15, 0.2) is 48.5 Å². The van der Waals surface area contributed by atoms with E-state index in [1.165, 1.54) is 24.0 Å². The van der Waals surface area contributed by atoms with Gasteiger partial charge in [-0.15, -0.1) is 0 Å². The third-order valence-electron chi connectivity index (χ3n) is 7.88. The molecule has 2 aliphatic heterocycles. The van der Waals surface area contributed by atoms with Gasteiger partial charge in [-0.2, -0.15) is 0 Å². The lowest BCUT2D eigenvalue weighted by Crippen LogP contribution is -2.54. The van der Waals surface area contributed by atoms with Crippen LogP contribution in [0.3, 0.4) is 0 Å². The Morgan fingerprint density at radius 3 is 2.31 bits per heavy atom. The Bertz CT molecular complexity index is 949. The Hall–Kier alpha value is -1.55. The Balaban J connectivity index is 1.25. The summed E-state index contributed by atoms with van der Waals surface area (Å²) in [5.41, 5.74) is 2.15. The highest BCUT2D eigenvalue weighted by atomic mass is 35.5. The summed E-state index contributed by atoms with van der Waals surface area (Å²) in [7, 11) is 0. The number of carbonyl (C=O) groups excluding carboxylic acids is 1. The summed E-state index contributed by atoms with van der Waals surface area (Å²) >= 11 is 12.3. The molecule has 2 atom stereocenters. The van der Waals surface area contributed by atoms with Gasteiger partial charge < -0.3 is 9.80 Å². The summed E-state index contributed by atoms with van der Waals surface area (Å²) in [6.07, 6.45) is 6.57. The summed E-state index contributed by atoms with van der Waals surface area (Å²) in [4.78, 5) is 18.5. The van der Waals surface area contributed by atoms with Crippen molar-refractivity contribution in [3.05, 3.63) is 69.7 Å². The summed E-state index contributed by atoms with van der Waals surface area (Å²) in [6, 6.07) is 16.6. The smallest absolute Gasteiger partial charge is 0.233 e. The summed E-state index contributed by atoms with van der Waals surface area (Å²) in [5.74, 6) is 1.62. The maximum Gasteiger partial charge on any atom is 0.233 e. The highest BCUT2D eigenvalue weighted by Crippen LogP contribution is 2.49. The number of likely N-dealkylation sites (tertiary alicyclic amines) is 2. The van der Waals surface area contributed by atoms with E-state index < -0.39 is 0 Å². The molecule has 1 aliphatic carbocycles. The molecule has 0 radical (unpaired) electrons. The van der Waals surface area contributed by atoms with E-state index in [4.69, 9.17) is 23.2 Å². The maximum absolute atomic E-state index is 13.8. The zero-order chi connectivity index (χ0) is 22.1. The minimum atomic E-state index is -0.359. The van der Waals surface area contributed by atoms with Gasteiger partial charge in [-0.05, 0) is 86.7 Å². The van der Waals surface area contributed by atoms with Crippen LogP contribution in [0.1, 0.15) is 55.6 Å². The van der Waals surface area contributed by atoms with Crippen molar-refractivity contribution >= 4 is 29.1 Å². The van der Waals surface area contributed by atoms with Gasteiger partial charge in [-0.25, -0.2) is 0 Å². The molecule has 0 bridgehead atoms. The lowest BCUT2D eigenvalue weighted by molar-refractivity contribution is -0.140. The molecule has 3 nitrogen and oxygen atoms in total. The van der Waals surface area contributed by atoms with Crippen LogP contribution in [-0.4, -0.2) is 48.4 Å². The predicted molar refractivity (Wildman–Crippen MR) is 132 cm³/mol. The van der Waals surface area contributed by atoms with Gasteiger partial charge in [-0.1, -0.05) is 59.6 Å². The van der Waals surface area contributed by atoms with Crippen LogP contribution in [0.4, 0.5) is 0 Å². The molecular weight excluding hydrogens is 439 g/mol. The minimum Gasteiger partial charge on any atom is -0.342 e. The zero-order valence-electron chi connectivity index (χ0n) is 18.6. The number of piperidine rings is 2. The monoisotopic (exact) mass is 470 g/mol. The molecule has 0 spiro atoms. The summed E-state index contributed by atoms with van der Waals surface area (Å²) in [6.45, 7) is 4.92. The Kier molecular flexibility index (Phi) is 6.51. The Morgan fingerprint density at radius 1 is 0.906 bits per heavy atom. The molecular formula is C27H32Cl2N2O. The van der Waals surface area contributed by atoms with Crippen molar-refractivity contribution in [2.75, 3.05) is 32.7 Å². The van der Waals surface area contributed by atoms with Crippen LogP contribution in [0.2, 0.25) is 10.0 Å². The molecule has 3 fully saturated rings. The number of halogens is 2. The molecule has 5 heteroatoms. The van der Waals surface area contributed by atoms with Crippen molar-refractivity contribution in [3.63, 3.8) is 0 Å². The van der Waals surface area contributed by atoms with Crippen molar-refractivity contribution < 1.29 is 4.79 Å². The summed E-state index contributed by atoms with van der Waals surface area (Å²) < 4.78 is 0. The maximum atomic E-state index is 13.8. The van der Waals surface area contributed by atoms with Crippen molar-refractivity contribution in [1.82, 2.24) is 9.80 Å². The number of rotatable bonds is 5. The van der Waals surface area contributed by atoms with E-state index in [2.05, 4.69) is 40.1 Å². The third kappa shape index (κ3) is 4.44. The molecule has 1 saturated carbocycles. The van der Waals surface area contributed by atoms with Crippen LogP contribution >= 0.6 is 23.2 Å². The highest BCUT2D eigenvalue weighted by Gasteiger charge is 2.46. The van der Waals surface area contributed by atoms with Crippen molar-refractivity contribution in [2.45, 2.75) is 49.9 Å². The van der Waals surface area contributed by atoms with E-state index in [0.29, 0.717) is 27.8 Å². The molecule has 0 unspecified atom stereocenters. The van der Waals surface area contributed by atoms with Crippen LogP contribution in [0.5, 0.6) is 0 Å². The molecule has 0 N–H and O–H groups in total. The fourth-order valence-electron chi connectivity index (χ4n) is 5.83. The van der Waals surface area contributed by atoms with Gasteiger partial charge in [0.25, 0.3) is 0 Å². The van der Waals surface area contributed by atoms with Gasteiger partial charge in [-0.3, -0.25) is 4.79 Å². The van der Waals surface area contributed by atoms with E-state index in [1.54, 1.807) is 0 Å². The lowest BCUT2D eigenvalue weighted by Gasteiger charge is -2.44. The number of benzene rings is 2. The van der Waals surface area contributed by atoms with Gasteiger partial charge in [0.2, 0.25) is 5.91 Å². The van der Waals surface area contributed by atoms with Crippen LogP contribution in [0, 0.1) is 5.92 Å². The molecule has 2 saturated heterocycles. The van der Waals surface area contributed by atoms with E-state index in [0.717, 1.165) is 58.4 Å². The van der Waals surface area contributed by atoms with Gasteiger partial charge in [0.05, 0.1) is 15.5 Å². The first-order valence-electron chi connectivity index (χ1n) is 12.1. The first-order chi connectivity index (χ1) is 15.6. The normalized spacial score (nSPS) is 25.5. The lowest BCUT2D eigenvalue weighted by atomic mass is 9.71. The van der Waals surface area contributed by atoms with Crippen molar-refractivity contribution in [1.29, 1.82) is 0 Å². The number of nitrogens with zero attached hydrogens (tertiary/aromatic N) is 2. The number of carbonyl (C=O) groups is 1. The first-order valence-corrected chi connectivity index (χ1v) is 12.8. The van der Waals surface area contributed by atoms with Crippen molar-refractivity contribution in [3.8, 4) is 0 Å². The molecule has 32 heavy (non-hydrogen) atoms. The number of amides is 1. The third-order valence-corrected chi connectivity index (χ3v) is 8.61. The largest absolute Gasteiger partial charge is 0.342 e.